The highest BCUT2D eigenvalue weighted by Gasteiger charge is 2.22. The van der Waals surface area contributed by atoms with Crippen molar-refractivity contribution in [3.8, 4) is 0 Å². The fourth-order valence-electron chi connectivity index (χ4n) is 2.80. The largest absolute Gasteiger partial charge is 0.314 e. The summed E-state index contributed by atoms with van der Waals surface area (Å²) in [4.78, 5) is 0. The maximum Gasteiger partial charge on any atom is 0.00390 e. The SMILES string of the molecule is CCCC(C)(CCC)CCC(C)NCC(C)CC. The Kier molecular flexibility index (Phi) is 9.81. The van der Waals surface area contributed by atoms with Gasteiger partial charge in [-0.2, -0.15) is 0 Å². The van der Waals surface area contributed by atoms with Crippen molar-refractivity contribution in [2.24, 2.45) is 11.3 Å². The number of hydrogen-bond acceptors (Lipinski definition) is 1. The average Bonchev–Trinajstić information content (AvgIpc) is 2.34. The molecule has 2 atom stereocenters. The highest BCUT2D eigenvalue weighted by Crippen LogP contribution is 2.34. The molecule has 0 aromatic heterocycles. The van der Waals surface area contributed by atoms with E-state index in [4.69, 9.17) is 0 Å². The van der Waals surface area contributed by atoms with Crippen LogP contribution in [-0.2, 0) is 0 Å². The molecular weight excluding hydrogens is 218 g/mol. The molecule has 1 nitrogen and oxygen atoms in total. The van der Waals surface area contributed by atoms with Crippen LogP contribution >= 0.6 is 0 Å². The van der Waals surface area contributed by atoms with E-state index >= 15 is 0 Å². The van der Waals surface area contributed by atoms with E-state index in [0.29, 0.717) is 11.5 Å². The van der Waals surface area contributed by atoms with Gasteiger partial charge < -0.3 is 5.32 Å². The Hall–Kier alpha value is -0.0400. The Labute approximate surface area is 116 Å². The fraction of sp³-hybridized carbons (Fsp3) is 1.00. The van der Waals surface area contributed by atoms with Crippen molar-refractivity contribution in [2.45, 2.75) is 92.5 Å². The van der Waals surface area contributed by atoms with Crippen molar-refractivity contribution < 1.29 is 0 Å². The molecule has 0 radical (unpaired) electrons. The first-order chi connectivity index (χ1) is 8.47. The van der Waals surface area contributed by atoms with Crippen LogP contribution in [-0.4, -0.2) is 12.6 Å². The summed E-state index contributed by atoms with van der Waals surface area (Å²) >= 11 is 0. The first kappa shape index (κ1) is 18.0. The maximum absolute atomic E-state index is 3.69. The topological polar surface area (TPSA) is 12.0 Å². The van der Waals surface area contributed by atoms with Crippen LogP contribution in [0.5, 0.6) is 0 Å². The van der Waals surface area contributed by atoms with Gasteiger partial charge in [0.25, 0.3) is 0 Å². The van der Waals surface area contributed by atoms with Gasteiger partial charge in [-0.3, -0.25) is 0 Å². The van der Waals surface area contributed by atoms with Crippen LogP contribution in [0, 0.1) is 11.3 Å². The van der Waals surface area contributed by atoms with Crippen LogP contribution in [0.1, 0.15) is 86.5 Å². The van der Waals surface area contributed by atoms with Gasteiger partial charge in [0.05, 0.1) is 0 Å². The van der Waals surface area contributed by atoms with Gasteiger partial charge in [-0.1, -0.05) is 53.9 Å². The highest BCUT2D eigenvalue weighted by molar-refractivity contribution is 4.76. The van der Waals surface area contributed by atoms with Crippen molar-refractivity contribution >= 4 is 0 Å². The van der Waals surface area contributed by atoms with E-state index in [2.05, 4.69) is 46.9 Å². The van der Waals surface area contributed by atoms with Crippen LogP contribution in [0.3, 0.4) is 0 Å². The number of rotatable bonds is 11. The van der Waals surface area contributed by atoms with Gasteiger partial charge in [-0.05, 0) is 50.5 Å². The molecule has 1 heteroatoms. The quantitative estimate of drug-likeness (QED) is 0.521. The standard InChI is InChI=1S/C17H37N/c1-7-11-17(6,12-8-2)13-10-16(5)18-14-15(4)9-3/h15-16,18H,7-14H2,1-6H3. The van der Waals surface area contributed by atoms with Gasteiger partial charge >= 0.3 is 0 Å². The normalized spacial score (nSPS) is 15.7. The Bertz CT molecular complexity index is 182. The second kappa shape index (κ2) is 9.83. The Morgan fingerprint density at radius 3 is 1.94 bits per heavy atom. The molecule has 0 saturated heterocycles. The van der Waals surface area contributed by atoms with E-state index < -0.39 is 0 Å². The molecule has 110 valence electrons. The second-order valence-electron chi connectivity index (χ2n) is 6.67. The molecule has 0 amide bonds. The fourth-order valence-corrected chi connectivity index (χ4v) is 2.80. The Morgan fingerprint density at radius 2 is 1.50 bits per heavy atom. The third-order valence-corrected chi connectivity index (χ3v) is 4.40. The Balaban J connectivity index is 3.95. The summed E-state index contributed by atoms with van der Waals surface area (Å²) in [6.07, 6.45) is 9.41. The van der Waals surface area contributed by atoms with Gasteiger partial charge in [-0.25, -0.2) is 0 Å². The van der Waals surface area contributed by atoms with Crippen LogP contribution in [0.15, 0.2) is 0 Å². The van der Waals surface area contributed by atoms with Gasteiger partial charge in [0.1, 0.15) is 0 Å². The molecule has 0 rings (SSSR count). The predicted molar refractivity (Wildman–Crippen MR) is 84.1 cm³/mol. The number of hydrogen-bond donors (Lipinski definition) is 1. The van der Waals surface area contributed by atoms with Crippen LogP contribution in [0.25, 0.3) is 0 Å². The summed E-state index contributed by atoms with van der Waals surface area (Å²) in [5, 5.41) is 3.69. The minimum atomic E-state index is 0.579. The first-order valence-corrected chi connectivity index (χ1v) is 8.20. The molecule has 2 unspecified atom stereocenters. The van der Waals surface area contributed by atoms with Crippen molar-refractivity contribution in [3.63, 3.8) is 0 Å². The summed E-state index contributed by atoms with van der Waals surface area (Å²) in [5.41, 5.74) is 0.579. The van der Waals surface area contributed by atoms with E-state index in [1.807, 2.05) is 0 Å². The lowest BCUT2D eigenvalue weighted by atomic mass is 9.77. The van der Waals surface area contributed by atoms with Crippen LogP contribution < -0.4 is 5.32 Å². The molecule has 0 aromatic rings. The van der Waals surface area contributed by atoms with E-state index in [1.165, 1.54) is 51.5 Å². The third-order valence-electron chi connectivity index (χ3n) is 4.40. The van der Waals surface area contributed by atoms with Crippen LogP contribution in [0.4, 0.5) is 0 Å². The molecule has 0 saturated carbocycles. The summed E-state index contributed by atoms with van der Waals surface area (Å²) in [6.45, 7) is 15.3. The molecule has 0 aliphatic heterocycles. The maximum atomic E-state index is 3.69. The van der Waals surface area contributed by atoms with Crippen molar-refractivity contribution in [1.82, 2.24) is 5.32 Å². The van der Waals surface area contributed by atoms with Crippen molar-refractivity contribution in [3.05, 3.63) is 0 Å². The molecule has 0 bridgehead atoms. The molecule has 0 spiro atoms. The van der Waals surface area contributed by atoms with E-state index in [0.717, 1.165) is 5.92 Å². The first-order valence-electron chi connectivity index (χ1n) is 8.20. The van der Waals surface area contributed by atoms with Gasteiger partial charge in [0, 0.05) is 6.04 Å². The van der Waals surface area contributed by atoms with Crippen molar-refractivity contribution in [2.75, 3.05) is 6.54 Å². The lowest BCUT2D eigenvalue weighted by Gasteiger charge is -2.30. The molecule has 0 aliphatic rings. The van der Waals surface area contributed by atoms with Gasteiger partial charge in [0.2, 0.25) is 0 Å². The highest BCUT2D eigenvalue weighted by atomic mass is 14.9. The zero-order chi connectivity index (χ0) is 14.0. The number of nitrogens with one attached hydrogen (secondary N) is 1. The Morgan fingerprint density at radius 1 is 0.944 bits per heavy atom. The average molecular weight is 255 g/mol. The van der Waals surface area contributed by atoms with Crippen molar-refractivity contribution in [1.29, 1.82) is 0 Å². The summed E-state index contributed by atoms with van der Waals surface area (Å²) < 4.78 is 0. The molecular formula is C17H37N. The minimum absolute atomic E-state index is 0.579. The molecule has 0 aliphatic carbocycles. The van der Waals surface area contributed by atoms with E-state index in [9.17, 15) is 0 Å². The molecule has 0 fully saturated rings. The summed E-state index contributed by atoms with van der Waals surface area (Å²) in [6, 6.07) is 0.673. The molecule has 1 N–H and O–H groups in total. The minimum Gasteiger partial charge on any atom is -0.314 e. The zero-order valence-corrected chi connectivity index (χ0v) is 13.8. The molecule has 0 heterocycles. The molecule has 18 heavy (non-hydrogen) atoms. The van der Waals surface area contributed by atoms with E-state index in [-0.39, 0.29) is 0 Å². The third kappa shape index (κ3) is 8.13. The summed E-state index contributed by atoms with van der Waals surface area (Å²) in [5.74, 6) is 0.810. The van der Waals surface area contributed by atoms with Crippen LogP contribution in [0.2, 0.25) is 0 Å². The lowest BCUT2D eigenvalue weighted by Crippen LogP contribution is -2.31. The van der Waals surface area contributed by atoms with Gasteiger partial charge in [0.15, 0.2) is 0 Å². The van der Waals surface area contributed by atoms with Gasteiger partial charge in [-0.15, -0.1) is 0 Å². The second-order valence-corrected chi connectivity index (χ2v) is 6.67. The smallest absolute Gasteiger partial charge is 0.00390 e. The monoisotopic (exact) mass is 255 g/mol. The summed E-state index contributed by atoms with van der Waals surface area (Å²) in [7, 11) is 0. The van der Waals surface area contributed by atoms with E-state index in [1.54, 1.807) is 0 Å². The zero-order valence-electron chi connectivity index (χ0n) is 13.8. The predicted octanol–water partition coefficient (Wildman–Crippen LogP) is 5.40. The molecule has 0 aromatic carbocycles. The lowest BCUT2D eigenvalue weighted by molar-refractivity contribution is 0.226.